The molecular formula is C26H30FN7O3. The monoisotopic (exact) mass is 507 g/mol. The minimum Gasteiger partial charge on any atom is -0.387 e. The number of hydrogen-bond acceptors (Lipinski definition) is 7. The van der Waals surface area contributed by atoms with Gasteiger partial charge in [0, 0.05) is 56.1 Å². The molecule has 0 spiro atoms. The minimum absolute atomic E-state index is 0.0143. The number of hydrogen-bond donors (Lipinski definition) is 3. The lowest BCUT2D eigenvalue weighted by Gasteiger charge is -2.32. The van der Waals surface area contributed by atoms with Gasteiger partial charge in [-0.2, -0.15) is 5.26 Å². The molecule has 0 aromatic carbocycles. The van der Waals surface area contributed by atoms with Gasteiger partial charge in [0.25, 0.3) is 5.91 Å². The molecule has 194 valence electrons. The molecular weight excluding hydrogens is 477 g/mol. The molecule has 1 saturated heterocycles. The normalized spacial score (nSPS) is 15.3. The number of carbonyl (C=O) groups excluding carboxylic acids is 2. The van der Waals surface area contributed by atoms with E-state index >= 15 is 0 Å². The molecule has 0 radical (unpaired) electrons. The Labute approximate surface area is 214 Å². The van der Waals surface area contributed by atoms with Crippen molar-refractivity contribution in [3.05, 3.63) is 47.9 Å². The minimum atomic E-state index is -1.65. The largest absolute Gasteiger partial charge is 0.387 e. The Hall–Kier alpha value is -4.04. The van der Waals surface area contributed by atoms with Crippen LogP contribution in [0.3, 0.4) is 0 Å². The summed E-state index contributed by atoms with van der Waals surface area (Å²) in [6, 6.07) is 7.38. The predicted octanol–water partition coefficient (Wildman–Crippen LogP) is 2.55. The molecule has 4 heterocycles. The fourth-order valence-corrected chi connectivity index (χ4v) is 4.23. The fourth-order valence-electron chi connectivity index (χ4n) is 4.23. The number of piperidine rings is 1. The molecule has 0 aliphatic carbocycles. The second kappa shape index (κ2) is 10.5. The highest BCUT2D eigenvalue weighted by Gasteiger charge is 2.28. The lowest BCUT2D eigenvalue weighted by atomic mass is 10.0. The molecule has 1 atom stereocenters. The summed E-state index contributed by atoms with van der Waals surface area (Å²) in [6.07, 6.45) is 4.45. The SMILES string of the molecule is CC(=O)N1CCC(Nc2cc(-n3ccc4cc(C#N)cnc43)ncc2C(=O)NCC(F)C(C)(C)O)CC1. The van der Waals surface area contributed by atoms with Gasteiger partial charge < -0.3 is 20.6 Å². The maximum absolute atomic E-state index is 14.3. The number of likely N-dealkylation sites (tertiary alicyclic amines) is 1. The Morgan fingerprint density at radius 3 is 2.65 bits per heavy atom. The van der Waals surface area contributed by atoms with E-state index in [9.17, 15) is 19.1 Å². The van der Waals surface area contributed by atoms with Gasteiger partial charge in [-0.15, -0.1) is 0 Å². The molecule has 2 amide bonds. The number of halogens is 1. The molecule has 3 aromatic rings. The lowest BCUT2D eigenvalue weighted by Crippen LogP contribution is -2.43. The Morgan fingerprint density at radius 1 is 1.27 bits per heavy atom. The van der Waals surface area contributed by atoms with E-state index < -0.39 is 17.7 Å². The van der Waals surface area contributed by atoms with Gasteiger partial charge in [0.1, 0.15) is 23.7 Å². The third kappa shape index (κ3) is 5.86. The van der Waals surface area contributed by atoms with E-state index in [0.717, 1.165) is 5.39 Å². The van der Waals surface area contributed by atoms with Crippen LogP contribution in [0.2, 0.25) is 0 Å². The lowest BCUT2D eigenvalue weighted by molar-refractivity contribution is -0.129. The number of nitrogens with one attached hydrogen (secondary N) is 2. The fraction of sp³-hybridized carbons (Fsp3) is 0.423. The first-order chi connectivity index (χ1) is 17.6. The zero-order chi connectivity index (χ0) is 26.7. The summed E-state index contributed by atoms with van der Waals surface area (Å²) in [7, 11) is 0. The third-order valence-electron chi connectivity index (χ3n) is 6.54. The van der Waals surface area contributed by atoms with Crippen LogP contribution in [-0.2, 0) is 4.79 Å². The molecule has 1 aliphatic rings. The van der Waals surface area contributed by atoms with Crippen molar-refractivity contribution in [2.75, 3.05) is 25.0 Å². The third-order valence-corrected chi connectivity index (χ3v) is 6.54. The summed E-state index contributed by atoms with van der Waals surface area (Å²) in [4.78, 5) is 35.3. The maximum Gasteiger partial charge on any atom is 0.255 e. The van der Waals surface area contributed by atoms with Gasteiger partial charge in [0.15, 0.2) is 0 Å². The second-order valence-electron chi connectivity index (χ2n) is 9.78. The van der Waals surface area contributed by atoms with Crippen LogP contribution < -0.4 is 10.6 Å². The Morgan fingerprint density at radius 2 is 2.00 bits per heavy atom. The molecule has 1 aliphatic heterocycles. The van der Waals surface area contributed by atoms with Gasteiger partial charge in [0.2, 0.25) is 5.91 Å². The van der Waals surface area contributed by atoms with E-state index in [0.29, 0.717) is 48.6 Å². The first-order valence-corrected chi connectivity index (χ1v) is 12.1. The molecule has 4 rings (SSSR count). The van der Waals surface area contributed by atoms with Crippen molar-refractivity contribution in [1.29, 1.82) is 5.26 Å². The molecule has 3 N–H and O–H groups in total. The number of alkyl halides is 1. The number of fused-ring (bicyclic) bond motifs is 1. The van der Waals surface area contributed by atoms with Gasteiger partial charge in [0.05, 0.1) is 29.0 Å². The number of rotatable bonds is 7. The number of amides is 2. The summed E-state index contributed by atoms with van der Waals surface area (Å²) in [6.45, 7) is 5.09. The zero-order valence-corrected chi connectivity index (χ0v) is 21.0. The number of nitrogens with zero attached hydrogens (tertiary/aromatic N) is 5. The molecule has 37 heavy (non-hydrogen) atoms. The van der Waals surface area contributed by atoms with Crippen LogP contribution in [0.15, 0.2) is 36.8 Å². The first-order valence-electron chi connectivity index (χ1n) is 12.1. The summed E-state index contributed by atoms with van der Waals surface area (Å²) in [5.74, 6) is 0.0138. The highest BCUT2D eigenvalue weighted by Crippen LogP contribution is 2.25. The molecule has 11 heteroatoms. The quantitative estimate of drug-likeness (QED) is 0.447. The smallest absolute Gasteiger partial charge is 0.255 e. The van der Waals surface area contributed by atoms with Crippen LogP contribution in [0.25, 0.3) is 16.9 Å². The van der Waals surface area contributed by atoms with Crippen molar-refractivity contribution in [3.8, 4) is 11.9 Å². The summed E-state index contributed by atoms with van der Waals surface area (Å²) >= 11 is 0. The van der Waals surface area contributed by atoms with E-state index in [-0.39, 0.29) is 24.1 Å². The maximum atomic E-state index is 14.3. The van der Waals surface area contributed by atoms with E-state index in [1.165, 1.54) is 26.2 Å². The summed E-state index contributed by atoms with van der Waals surface area (Å²) in [5.41, 5.74) is 0.209. The predicted molar refractivity (Wildman–Crippen MR) is 136 cm³/mol. The average Bonchev–Trinajstić information content (AvgIpc) is 3.30. The standard InChI is InChI=1S/C26H30FN7O3/c1-16(35)33-7-5-19(6-8-33)32-21-11-23(34-9-4-18-10-17(12-28)13-30-24(18)34)29-14-20(21)25(36)31-15-22(27)26(2,3)37/h4,9-11,13-14,19,22,37H,5-8,15H2,1-3H3,(H,29,32)(H,31,36). The molecule has 3 aromatic heterocycles. The van der Waals surface area contributed by atoms with Crippen LogP contribution >= 0.6 is 0 Å². The summed E-state index contributed by atoms with van der Waals surface area (Å²) < 4.78 is 16.0. The van der Waals surface area contributed by atoms with E-state index in [1.807, 2.05) is 6.07 Å². The molecule has 1 unspecified atom stereocenters. The number of carbonyl (C=O) groups is 2. The molecule has 0 saturated carbocycles. The second-order valence-corrected chi connectivity index (χ2v) is 9.78. The van der Waals surface area contributed by atoms with Crippen molar-refractivity contribution in [2.24, 2.45) is 0 Å². The van der Waals surface area contributed by atoms with Gasteiger partial charge in [-0.25, -0.2) is 14.4 Å². The number of anilines is 1. The topological polar surface area (TPSA) is 136 Å². The van der Waals surface area contributed by atoms with Crippen molar-refractivity contribution in [1.82, 2.24) is 24.8 Å². The summed E-state index contributed by atoms with van der Waals surface area (Å²) in [5, 5.41) is 25.7. The van der Waals surface area contributed by atoms with Crippen molar-refractivity contribution in [2.45, 2.75) is 51.4 Å². The Balaban J connectivity index is 1.63. The first kappa shape index (κ1) is 26.0. The van der Waals surface area contributed by atoms with Crippen LogP contribution in [-0.4, -0.2) is 73.8 Å². The highest BCUT2D eigenvalue weighted by atomic mass is 19.1. The molecule has 0 bridgehead atoms. The van der Waals surface area contributed by atoms with Gasteiger partial charge in [-0.05, 0) is 38.8 Å². The highest BCUT2D eigenvalue weighted by molar-refractivity contribution is 5.99. The zero-order valence-electron chi connectivity index (χ0n) is 21.0. The number of nitriles is 1. The number of pyridine rings is 2. The van der Waals surface area contributed by atoms with E-state index in [2.05, 4.69) is 26.7 Å². The van der Waals surface area contributed by atoms with Crippen LogP contribution in [0.1, 0.15) is 49.5 Å². The van der Waals surface area contributed by atoms with Gasteiger partial charge in [-0.1, -0.05) is 0 Å². The van der Waals surface area contributed by atoms with Gasteiger partial charge >= 0.3 is 0 Å². The number of aromatic nitrogens is 3. The number of aliphatic hydroxyl groups is 1. The van der Waals surface area contributed by atoms with Crippen molar-refractivity contribution < 1.29 is 19.1 Å². The van der Waals surface area contributed by atoms with E-state index in [1.54, 1.807) is 34.7 Å². The molecule has 10 nitrogen and oxygen atoms in total. The van der Waals surface area contributed by atoms with Crippen LogP contribution in [0.4, 0.5) is 10.1 Å². The Bertz CT molecular complexity index is 1350. The van der Waals surface area contributed by atoms with E-state index in [4.69, 9.17) is 5.26 Å². The Kier molecular flexibility index (Phi) is 7.40. The molecule has 1 fully saturated rings. The van der Waals surface area contributed by atoms with Crippen molar-refractivity contribution in [3.63, 3.8) is 0 Å². The van der Waals surface area contributed by atoms with Gasteiger partial charge in [-0.3, -0.25) is 14.2 Å². The van der Waals surface area contributed by atoms with Crippen molar-refractivity contribution >= 4 is 28.5 Å². The van der Waals surface area contributed by atoms with Crippen LogP contribution in [0, 0.1) is 11.3 Å². The average molecular weight is 508 g/mol. The van der Waals surface area contributed by atoms with Crippen LogP contribution in [0.5, 0.6) is 0 Å².